The van der Waals surface area contributed by atoms with Crippen LogP contribution in [0.3, 0.4) is 0 Å². The van der Waals surface area contributed by atoms with Gasteiger partial charge in [0.1, 0.15) is 18.0 Å². The first-order valence-electron chi connectivity index (χ1n) is 22.1. The van der Waals surface area contributed by atoms with Crippen molar-refractivity contribution in [2.45, 2.75) is 103 Å². The number of rotatable bonds is 16. The van der Waals surface area contributed by atoms with Crippen LogP contribution in [0.1, 0.15) is 93.0 Å². The average Bonchev–Trinajstić information content (AvgIpc) is 3.78. The number of carbonyl (C=O) groups excluding carboxylic acids is 4. The first-order chi connectivity index (χ1) is 30.7. The third-order valence-electron chi connectivity index (χ3n) is 12.2. The van der Waals surface area contributed by atoms with Crippen LogP contribution in [0.25, 0.3) is 22.5 Å². The monoisotopic (exact) mass is 905 g/mol. The van der Waals surface area contributed by atoms with Gasteiger partial charge in [0.05, 0.1) is 0 Å². The summed E-state index contributed by atoms with van der Waals surface area (Å²) in [5.74, 6) is -12.7. The number of likely N-dealkylation sites (tertiary alicyclic amines) is 1. The number of aliphatic hydroxyl groups is 1. The summed E-state index contributed by atoms with van der Waals surface area (Å²) in [4.78, 5) is 59.0. The normalized spacial score (nSPS) is 18.1. The van der Waals surface area contributed by atoms with E-state index in [4.69, 9.17) is 9.84 Å². The lowest BCUT2D eigenvalue weighted by Crippen LogP contribution is -2.43. The van der Waals surface area contributed by atoms with Crippen LogP contribution in [-0.4, -0.2) is 99.7 Å². The number of nitrogens with one attached hydrogen (secondary N) is 4. The van der Waals surface area contributed by atoms with E-state index < -0.39 is 47.8 Å². The Morgan fingerprint density at radius 2 is 1.54 bits per heavy atom. The van der Waals surface area contributed by atoms with Crippen molar-refractivity contribution < 1.29 is 46.6 Å². The number of ether oxygens (including phenoxy) is 1. The lowest BCUT2D eigenvalue weighted by Gasteiger charge is -2.29. The zero-order valence-electron chi connectivity index (χ0n) is 37.5. The maximum atomic E-state index is 14.3. The summed E-state index contributed by atoms with van der Waals surface area (Å²) < 4.78 is 61.4. The van der Waals surface area contributed by atoms with Crippen LogP contribution in [0.15, 0.2) is 66.7 Å². The number of aromatic nitrogens is 3. The van der Waals surface area contributed by atoms with Gasteiger partial charge in [0.15, 0.2) is 5.82 Å². The van der Waals surface area contributed by atoms with Crippen LogP contribution in [0.2, 0.25) is 0 Å². The number of amides is 3. The number of aliphatic hydroxyl groups excluding tert-OH is 1. The molecule has 0 radical (unpaired) electrons. The summed E-state index contributed by atoms with van der Waals surface area (Å²) in [5, 5.41) is 23.1. The molecule has 1 aliphatic carbocycles. The van der Waals surface area contributed by atoms with Gasteiger partial charge in [0.2, 0.25) is 11.7 Å². The molecular formula is C48H59F4N7O6. The predicted octanol–water partition coefficient (Wildman–Crippen LogP) is 8.08. The Kier molecular flexibility index (Phi) is 15.5. The fourth-order valence-corrected chi connectivity index (χ4v) is 8.30. The van der Waals surface area contributed by atoms with Gasteiger partial charge in [0, 0.05) is 47.7 Å². The van der Waals surface area contributed by atoms with E-state index in [1.165, 1.54) is 24.3 Å². The maximum Gasteiger partial charge on any atom is 0.407 e. The second kappa shape index (κ2) is 20.7. The molecule has 2 heterocycles. The SMILES string of the molecule is Cc1cc(C(=O)NC2CCN(C)CC2)ccc1-c1ccc(C[C@H](CC(=O)C2CCC(CNC(=O)OC(C)(C)C)CC2)C(=O)Nc2ccc(-c3n[nH]c(C(F)(F)C(F)(F)CO)n3)cc2)cc1. The molecule has 1 atom stereocenters. The molecule has 0 bridgehead atoms. The van der Waals surface area contributed by atoms with Gasteiger partial charge in [-0.05, 0) is 157 Å². The molecule has 65 heavy (non-hydrogen) atoms. The van der Waals surface area contributed by atoms with Crippen molar-refractivity contribution in [3.8, 4) is 22.5 Å². The molecule has 1 aliphatic heterocycles. The Morgan fingerprint density at radius 1 is 0.892 bits per heavy atom. The van der Waals surface area contributed by atoms with Gasteiger partial charge in [-0.2, -0.15) is 22.7 Å². The number of carbonyl (C=O) groups is 4. The molecule has 0 spiro atoms. The summed E-state index contributed by atoms with van der Waals surface area (Å²) in [7, 11) is 2.08. The van der Waals surface area contributed by atoms with E-state index in [-0.39, 0.29) is 53.8 Å². The number of halogens is 4. The minimum atomic E-state index is -4.80. The lowest BCUT2D eigenvalue weighted by atomic mass is 9.77. The third-order valence-corrected chi connectivity index (χ3v) is 12.2. The number of piperidine rings is 1. The van der Waals surface area contributed by atoms with Gasteiger partial charge in [-0.15, -0.1) is 0 Å². The number of hydrogen-bond donors (Lipinski definition) is 5. The average molecular weight is 906 g/mol. The number of benzene rings is 3. The van der Waals surface area contributed by atoms with Crippen LogP contribution in [0.5, 0.6) is 0 Å². The van der Waals surface area contributed by atoms with Gasteiger partial charge < -0.3 is 30.7 Å². The quantitative estimate of drug-likeness (QED) is 0.0696. The molecular weight excluding hydrogens is 847 g/mol. The van der Waals surface area contributed by atoms with E-state index in [2.05, 4.69) is 38.0 Å². The van der Waals surface area contributed by atoms with Crippen molar-refractivity contribution in [1.29, 1.82) is 0 Å². The number of ketones is 1. The molecule has 17 heteroatoms. The van der Waals surface area contributed by atoms with E-state index in [1.54, 1.807) is 20.8 Å². The van der Waals surface area contributed by atoms with Crippen molar-refractivity contribution in [2.75, 3.05) is 38.6 Å². The number of alkyl carbamates (subject to hydrolysis) is 1. The van der Waals surface area contributed by atoms with Crippen LogP contribution < -0.4 is 16.0 Å². The highest BCUT2D eigenvalue weighted by molar-refractivity contribution is 5.96. The number of aryl methyl sites for hydroxylation is 1. The van der Waals surface area contributed by atoms with E-state index in [0.717, 1.165) is 61.0 Å². The highest BCUT2D eigenvalue weighted by atomic mass is 19.3. The van der Waals surface area contributed by atoms with Crippen molar-refractivity contribution in [2.24, 2.45) is 17.8 Å². The number of hydrogen-bond acceptors (Lipinski definition) is 9. The van der Waals surface area contributed by atoms with Gasteiger partial charge in [0.25, 0.3) is 5.91 Å². The lowest BCUT2D eigenvalue weighted by molar-refractivity contribution is -0.236. The Bertz CT molecular complexity index is 2280. The Hall–Kier alpha value is -5.68. The van der Waals surface area contributed by atoms with E-state index in [0.29, 0.717) is 30.6 Å². The number of alkyl halides is 4. The van der Waals surface area contributed by atoms with Crippen LogP contribution >= 0.6 is 0 Å². The van der Waals surface area contributed by atoms with Gasteiger partial charge in [-0.1, -0.05) is 30.3 Å². The highest BCUT2D eigenvalue weighted by Gasteiger charge is 2.59. The molecule has 4 aromatic rings. The largest absolute Gasteiger partial charge is 0.444 e. The molecule has 1 aromatic heterocycles. The van der Waals surface area contributed by atoms with E-state index >= 15 is 0 Å². The molecule has 1 saturated carbocycles. The fraction of sp³-hybridized carbons (Fsp3) is 0.500. The number of Topliss-reactive ketones (excluding diaryl/α,β-unsaturated/α-hetero) is 1. The smallest absolute Gasteiger partial charge is 0.407 e. The second-order valence-electron chi connectivity index (χ2n) is 18.5. The molecule has 350 valence electrons. The van der Waals surface area contributed by atoms with Gasteiger partial charge in [-0.3, -0.25) is 19.5 Å². The second-order valence-corrected chi connectivity index (χ2v) is 18.5. The van der Waals surface area contributed by atoms with E-state index in [1.807, 2.05) is 54.5 Å². The van der Waals surface area contributed by atoms with Crippen molar-refractivity contribution in [1.82, 2.24) is 30.7 Å². The molecule has 13 nitrogen and oxygen atoms in total. The molecule has 3 amide bonds. The van der Waals surface area contributed by atoms with Crippen LogP contribution in [-0.2, 0) is 26.7 Å². The Labute approximate surface area is 376 Å². The summed E-state index contributed by atoms with van der Waals surface area (Å²) in [6.45, 7) is 7.58. The standard InChI is InChI=1S/C48H59F4N7O6/c1-29-24-35(42(62)55-38-20-22-59(5)23-21-38)16-19-39(29)32-10-6-30(7-11-32)25-36(26-40(61)33-12-8-31(9-13-33)27-53-45(64)65-46(2,3)4)43(63)54-37-17-14-34(15-18-37)41-56-44(58-57-41)48(51,52)47(49,50)28-60/h6-7,10-11,14-19,24,31,33,36,38,60H,8-9,12-13,20-23,25-28H2,1-5H3,(H,53,64)(H,54,63)(H,55,62)(H,56,57,58)/t31?,33?,36-/m1/s1. The number of aromatic amines is 1. The minimum absolute atomic E-state index is 0.0238. The Morgan fingerprint density at radius 3 is 2.15 bits per heavy atom. The summed E-state index contributed by atoms with van der Waals surface area (Å²) in [6, 6.07) is 19.4. The molecule has 0 unspecified atom stereocenters. The first kappa shape index (κ1) is 48.8. The molecule has 3 aromatic carbocycles. The van der Waals surface area contributed by atoms with Crippen LogP contribution in [0.4, 0.5) is 28.0 Å². The minimum Gasteiger partial charge on any atom is -0.444 e. The zero-order valence-corrected chi connectivity index (χ0v) is 37.5. The van der Waals surface area contributed by atoms with Crippen molar-refractivity contribution >= 4 is 29.4 Å². The maximum absolute atomic E-state index is 14.3. The highest BCUT2D eigenvalue weighted by Crippen LogP contribution is 2.41. The molecule has 5 N–H and O–H groups in total. The van der Waals surface area contributed by atoms with Gasteiger partial charge >= 0.3 is 17.9 Å². The summed E-state index contributed by atoms with van der Waals surface area (Å²) >= 11 is 0. The van der Waals surface area contributed by atoms with Crippen molar-refractivity contribution in [3.63, 3.8) is 0 Å². The number of anilines is 1. The summed E-state index contributed by atoms with van der Waals surface area (Å²) in [5.41, 5.74) is 4.14. The zero-order chi connectivity index (χ0) is 47.1. The van der Waals surface area contributed by atoms with Crippen molar-refractivity contribution in [3.05, 3.63) is 89.2 Å². The van der Waals surface area contributed by atoms with Crippen LogP contribution in [0, 0.1) is 24.7 Å². The summed E-state index contributed by atoms with van der Waals surface area (Å²) in [6.07, 6.45) is 4.26. The molecule has 6 rings (SSSR count). The molecule has 2 aliphatic rings. The number of H-pyrrole nitrogens is 1. The fourth-order valence-electron chi connectivity index (χ4n) is 8.30. The number of nitrogens with zero attached hydrogens (tertiary/aromatic N) is 3. The topological polar surface area (TPSA) is 179 Å². The van der Waals surface area contributed by atoms with Gasteiger partial charge in [-0.25, -0.2) is 9.78 Å². The predicted molar refractivity (Wildman–Crippen MR) is 237 cm³/mol. The first-order valence-corrected chi connectivity index (χ1v) is 22.1. The Balaban J connectivity index is 1.13. The third kappa shape index (κ3) is 12.8. The van der Waals surface area contributed by atoms with E-state index in [9.17, 15) is 36.7 Å². The molecule has 1 saturated heterocycles. The molecule has 2 fully saturated rings.